The Morgan fingerprint density at radius 1 is 0.714 bits per heavy atom. The third-order valence-electron chi connectivity index (χ3n) is 3.97. The molecule has 3 heteroatoms. The predicted octanol–water partition coefficient (Wildman–Crippen LogP) is 5.14. The van der Waals surface area contributed by atoms with Crippen molar-refractivity contribution in [2.45, 2.75) is 96.8 Å². The van der Waals surface area contributed by atoms with Gasteiger partial charge in [-0.15, -0.1) is 0 Å². The topological polar surface area (TPSA) is 49.3 Å². The molecule has 0 saturated heterocycles. The summed E-state index contributed by atoms with van der Waals surface area (Å²) in [5, 5.41) is 11.7. The Morgan fingerprint density at radius 2 is 1.14 bits per heavy atom. The second-order valence-corrected chi connectivity index (χ2v) is 6.14. The van der Waals surface area contributed by atoms with E-state index in [2.05, 4.69) is 12.2 Å². The fourth-order valence-corrected chi connectivity index (χ4v) is 2.59. The summed E-state index contributed by atoms with van der Waals surface area (Å²) in [6, 6.07) is 0. The van der Waals surface area contributed by atoms with Crippen molar-refractivity contribution < 1.29 is 9.90 Å². The van der Waals surface area contributed by atoms with Gasteiger partial charge >= 0.3 is 5.97 Å². The minimum Gasteiger partial charge on any atom is -0.481 e. The zero-order valence-electron chi connectivity index (χ0n) is 14.2. The van der Waals surface area contributed by atoms with E-state index in [0.717, 1.165) is 6.54 Å². The Hall–Kier alpha value is -0.570. The van der Waals surface area contributed by atoms with Gasteiger partial charge in [0, 0.05) is 6.54 Å². The summed E-state index contributed by atoms with van der Waals surface area (Å²) in [6.45, 7) is 3.84. The van der Waals surface area contributed by atoms with Crippen LogP contribution in [0.5, 0.6) is 0 Å². The highest BCUT2D eigenvalue weighted by Gasteiger charge is 1.96. The number of hydrogen-bond donors (Lipinski definition) is 2. The predicted molar refractivity (Wildman–Crippen MR) is 90.8 cm³/mol. The van der Waals surface area contributed by atoms with Gasteiger partial charge in [-0.3, -0.25) is 4.79 Å². The highest BCUT2D eigenvalue weighted by atomic mass is 16.4. The molecule has 0 unspecified atom stereocenters. The average molecular weight is 299 g/mol. The average Bonchev–Trinajstić information content (AvgIpc) is 2.46. The first kappa shape index (κ1) is 20.4. The van der Waals surface area contributed by atoms with E-state index in [1.54, 1.807) is 0 Å². The van der Waals surface area contributed by atoms with Crippen LogP contribution in [0.4, 0.5) is 0 Å². The van der Waals surface area contributed by atoms with Crippen LogP contribution < -0.4 is 5.32 Å². The van der Waals surface area contributed by atoms with Crippen LogP contribution in [0.15, 0.2) is 0 Å². The van der Waals surface area contributed by atoms with E-state index in [0.29, 0.717) is 6.54 Å². The van der Waals surface area contributed by atoms with Crippen molar-refractivity contribution in [3.63, 3.8) is 0 Å². The van der Waals surface area contributed by atoms with Gasteiger partial charge in [-0.1, -0.05) is 84.0 Å². The van der Waals surface area contributed by atoms with Gasteiger partial charge in [-0.25, -0.2) is 0 Å². The molecule has 0 aliphatic rings. The van der Waals surface area contributed by atoms with Crippen molar-refractivity contribution in [3.8, 4) is 0 Å². The van der Waals surface area contributed by atoms with Crippen molar-refractivity contribution in [1.29, 1.82) is 0 Å². The standard InChI is InChI=1S/C18H37NO2/c1-2-3-4-5-6-7-8-9-10-11-12-13-14-16-19-17-15-18(20)21/h19H,2-17H2,1H3,(H,20,21). The number of aliphatic carboxylic acids is 1. The molecule has 0 atom stereocenters. The molecule has 0 rings (SSSR count). The van der Waals surface area contributed by atoms with Crippen molar-refractivity contribution >= 4 is 5.97 Å². The summed E-state index contributed by atoms with van der Waals surface area (Å²) in [6.07, 6.45) is 18.1. The summed E-state index contributed by atoms with van der Waals surface area (Å²) in [5.41, 5.74) is 0. The first-order valence-electron chi connectivity index (χ1n) is 9.20. The van der Waals surface area contributed by atoms with Gasteiger partial charge in [0.05, 0.1) is 6.42 Å². The van der Waals surface area contributed by atoms with Gasteiger partial charge in [0.25, 0.3) is 0 Å². The lowest BCUT2D eigenvalue weighted by Crippen LogP contribution is -2.19. The van der Waals surface area contributed by atoms with E-state index in [-0.39, 0.29) is 6.42 Å². The Bertz CT molecular complexity index is 219. The van der Waals surface area contributed by atoms with Crippen molar-refractivity contribution in [3.05, 3.63) is 0 Å². The van der Waals surface area contributed by atoms with E-state index >= 15 is 0 Å². The fraction of sp³-hybridized carbons (Fsp3) is 0.944. The molecular formula is C18H37NO2. The summed E-state index contributed by atoms with van der Waals surface area (Å²) in [7, 11) is 0. The monoisotopic (exact) mass is 299 g/mol. The van der Waals surface area contributed by atoms with Crippen LogP contribution >= 0.6 is 0 Å². The Labute approximate surface area is 131 Å². The lowest BCUT2D eigenvalue weighted by molar-refractivity contribution is -0.136. The maximum atomic E-state index is 10.3. The van der Waals surface area contributed by atoms with Crippen LogP contribution in [-0.2, 0) is 4.79 Å². The van der Waals surface area contributed by atoms with Crippen molar-refractivity contribution in [2.75, 3.05) is 13.1 Å². The SMILES string of the molecule is CCCCCCCCCCCCCCCNCCC(=O)O. The van der Waals surface area contributed by atoms with Gasteiger partial charge in [0.15, 0.2) is 0 Å². The number of nitrogens with one attached hydrogen (secondary N) is 1. The maximum Gasteiger partial charge on any atom is 0.304 e. The minimum absolute atomic E-state index is 0.235. The molecular weight excluding hydrogens is 262 g/mol. The van der Waals surface area contributed by atoms with Crippen LogP contribution in [0.1, 0.15) is 96.8 Å². The van der Waals surface area contributed by atoms with Gasteiger partial charge < -0.3 is 10.4 Å². The number of rotatable bonds is 17. The van der Waals surface area contributed by atoms with Crippen LogP contribution in [0.25, 0.3) is 0 Å². The molecule has 0 aliphatic heterocycles. The summed E-state index contributed by atoms with van der Waals surface area (Å²) < 4.78 is 0. The van der Waals surface area contributed by atoms with Crippen molar-refractivity contribution in [1.82, 2.24) is 5.32 Å². The molecule has 0 amide bonds. The maximum absolute atomic E-state index is 10.3. The highest BCUT2D eigenvalue weighted by molar-refractivity contribution is 5.66. The van der Waals surface area contributed by atoms with Crippen LogP contribution in [0.3, 0.4) is 0 Å². The summed E-state index contributed by atoms with van der Waals surface area (Å²) in [5.74, 6) is -0.715. The first-order chi connectivity index (χ1) is 10.3. The van der Waals surface area contributed by atoms with Gasteiger partial charge in [0.1, 0.15) is 0 Å². The zero-order valence-corrected chi connectivity index (χ0v) is 14.2. The number of unbranched alkanes of at least 4 members (excludes halogenated alkanes) is 12. The number of carbonyl (C=O) groups is 1. The largest absolute Gasteiger partial charge is 0.481 e. The van der Waals surface area contributed by atoms with E-state index in [4.69, 9.17) is 5.11 Å². The molecule has 21 heavy (non-hydrogen) atoms. The third-order valence-corrected chi connectivity index (χ3v) is 3.97. The molecule has 0 aliphatic carbocycles. The summed E-state index contributed by atoms with van der Waals surface area (Å²) >= 11 is 0. The molecule has 0 heterocycles. The lowest BCUT2D eigenvalue weighted by Gasteiger charge is -2.04. The van der Waals surface area contributed by atoms with E-state index in [9.17, 15) is 4.79 Å². The molecule has 0 aromatic rings. The van der Waals surface area contributed by atoms with Crippen LogP contribution in [0, 0.1) is 0 Å². The normalized spacial score (nSPS) is 10.9. The quantitative estimate of drug-likeness (QED) is 0.365. The second kappa shape index (κ2) is 17.5. The zero-order chi connectivity index (χ0) is 15.6. The molecule has 0 spiro atoms. The smallest absolute Gasteiger partial charge is 0.304 e. The van der Waals surface area contributed by atoms with E-state index in [1.165, 1.54) is 83.5 Å². The Morgan fingerprint density at radius 3 is 1.57 bits per heavy atom. The highest BCUT2D eigenvalue weighted by Crippen LogP contribution is 2.12. The number of hydrogen-bond acceptors (Lipinski definition) is 2. The third kappa shape index (κ3) is 19.4. The van der Waals surface area contributed by atoms with E-state index < -0.39 is 5.97 Å². The molecule has 0 radical (unpaired) electrons. The van der Waals surface area contributed by atoms with Gasteiger partial charge in [-0.05, 0) is 13.0 Å². The fourth-order valence-electron chi connectivity index (χ4n) is 2.59. The molecule has 2 N–H and O–H groups in total. The molecule has 3 nitrogen and oxygen atoms in total. The van der Waals surface area contributed by atoms with Gasteiger partial charge in [-0.2, -0.15) is 0 Å². The van der Waals surface area contributed by atoms with Crippen LogP contribution in [0.2, 0.25) is 0 Å². The summed E-state index contributed by atoms with van der Waals surface area (Å²) in [4.78, 5) is 10.3. The second-order valence-electron chi connectivity index (χ2n) is 6.14. The number of carboxylic acids is 1. The molecule has 126 valence electrons. The molecule has 0 aromatic heterocycles. The van der Waals surface area contributed by atoms with Crippen LogP contribution in [-0.4, -0.2) is 24.2 Å². The van der Waals surface area contributed by atoms with Gasteiger partial charge in [0.2, 0.25) is 0 Å². The molecule has 0 aromatic carbocycles. The van der Waals surface area contributed by atoms with Crippen molar-refractivity contribution in [2.24, 2.45) is 0 Å². The lowest BCUT2D eigenvalue weighted by atomic mass is 10.0. The Kier molecular flexibility index (Phi) is 17.0. The minimum atomic E-state index is -0.715. The molecule has 0 bridgehead atoms. The Balaban J connectivity index is 2.95. The van der Waals surface area contributed by atoms with E-state index in [1.807, 2.05) is 0 Å². The molecule has 0 fully saturated rings. The number of carboxylic acid groups (broad SMARTS) is 1. The first-order valence-corrected chi connectivity index (χ1v) is 9.20. The molecule has 0 saturated carbocycles.